The first-order valence-electron chi connectivity index (χ1n) is 11.4. The van der Waals surface area contributed by atoms with Gasteiger partial charge in [0.2, 0.25) is 17.7 Å². The van der Waals surface area contributed by atoms with Crippen molar-refractivity contribution >= 4 is 35.6 Å². The number of carbonyl (C=O) groups excluding carboxylic acids is 3. The molecule has 1 aromatic carbocycles. The van der Waals surface area contributed by atoms with Gasteiger partial charge in [0.15, 0.2) is 0 Å². The first-order valence-corrected chi connectivity index (χ1v) is 11.4. The smallest absolute Gasteiger partial charge is 0.326 e. The van der Waals surface area contributed by atoms with E-state index >= 15 is 0 Å². The van der Waals surface area contributed by atoms with Crippen LogP contribution in [0.25, 0.3) is 0 Å². The van der Waals surface area contributed by atoms with E-state index in [4.69, 9.17) is 15.9 Å². The molecule has 0 aliphatic carbocycles. The number of carboxylic acid groups (broad SMARTS) is 3. The van der Waals surface area contributed by atoms with Gasteiger partial charge in [-0.2, -0.15) is 0 Å². The van der Waals surface area contributed by atoms with E-state index in [0.29, 0.717) is 5.56 Å². The highest BCUT2D eigenvalue weighted by Gasteiger charge is 2.33. The van der Waals surface area contributed by atoms with Gasteiger partial charge in [-0.15, -0.1) is 0 Å². The zero-order valence-corrected chi connectivity index (χ0v) is 20.1. The Morgan fingerprint density at radius 1 is 0.784 bits per heavy atom. The predicted molar refractivity (Wildman–Crippen MR) is 127 cm³/mol. The lowest BCUT2D eigenvalue weighted by molar-refractivity contribution is -0.143. The number of rotatable bonds is 16. The Labute approximate surface area is 212 Å². The van der Waals surface area contributed by atoms with Crippen LogP contribution in [0.1, 0.15) is 38.2 Å². The number of aliphatic hydroxyl groups is 1. The minimum Gasteiger partial charge on any atom is -0.481 e. The van der Waals surface area contributed by atoms with E-state index in [-0.39, 0.29) is 12.8 Å². The van der Waals surface area contributed by atoms with E-state index in [1.807, 2.05) is 0 Å². The Morgan fingerprint density at radius 2 is 1.32 bits per heavy atom. The number of aliphatic carboxylic acids is 3. The molecule has 0 aromatic heterocycles. The van der Waals surface area contributed by atoms with Gasteiger partial charge in [-0.05, 0) is 25.3 Å². The third-order valence-corrected chi connectivity index (χ3v) is 5.25. The quantitative estimate of drug-likeness (QED) is 0.120. The lowest BCUT2D eigenvalue weighted by Gasteiger charge is -2.26. The Balaban J connectivity index is 2.97. The molecule has 0 heterocycles. The first kappa shape index (κ1) is 31.0. The van der Waals surface area contributed by atoms with Gasteiger partial charge in [-0.25, -0.2) is 4.79 Å². The molecule has 0 aliphatic rings. The van der Waals surface area contributed by atoms with Gasteiger partial charge in [-0.1, -0.05) is 30.3 Å². The molecule has 204 valence electrons. The molecule has 3 amide bonds. The average molecular weight is 525 g/mol. The van der Waals surface area contributed by atoms with Crippen molar-refractivity contribution in [3.63, 3.8) is 0 Å². The maximum atomic E-state index is 12.8. The number of hydrogen-bond acceptors (Lipinski definition) is 8. The van der Waals surface area contributed by atoms with Crippen molar-refractivity contribution in [1.29, 1.82) is 0 Å². The van der Waals surface area contributed by atoms with Crippen molar-refractivity contribution in [2.75, 3.05) is 0 Å². The maximum Gasteiger partial charge on any atom is 0.326 e. The van der Waals surface area contributed by atoms with Gasteiger partial charge in [0.1, 0.15) is 18.1 Å². The first-order chi connectivity index (χ1) is 17.3. The third kappa shape index (κ3) is 11.5. The van der Waals surface area contributed by atoms with Crippen LogP contribution in [0.5, 0.6) is 0 Å². The standard InChI is InChI=1S/C23H32N4O10/c1-12(28)19(22(35)26-16(23(36)37)11-13-5-3-2-4-6-13)27-21(34)15(8-10-18(31)32)25-20(33)14(24)7-9-17(29)30/h2-6,12,14-16,19,28H,7-11,24H2,1H3,(H,25,33)(H,26,35)(H,27,34)(H,29,30)(H,31,32)(H,36,37). The van der Waals surface area contributed by atoms with Crippen molar-refractivity contribution in [1.82, 2.24) is 16.0 Å². The monoisotopic (exact) mass is 524 g/mol. The fraction of sp³-hybridized carbons (Fsp3) is 0.478. The van der Waals surface area contributed by atoms with E-state index < -0.39 is 85.2 Å². The molecule has 9 N–H and O–H groups in total. The Hall–Kier alpha value is -4.04. The van der Waals surface area contributed by atoms with Crippen LogP contribution in [0, 0.1) is 0 Å². The zero-order chi connectivity index (χ0) is 28.1. The van der Waals surface area contributed by atoms with Gasteiger partial charge >= 0.3 is 17.9 Å². The van der Waals surface area contributed by atoms with Crippen LogP contribution in [-0.2, 0) is 35.2 Å². The summed E-state index contributed by atoms with van der Waals surface area (Å²) in [7, 11) is 0. The molecule has 0 saturated heterocycles. The molecule has 0 aliphatic heterocycles. The van der Waals surface area contributed by atoms with Crippen LogP contribution >= 0.6 is 0 Å². The topological polar surface area (TPSA) is 245 Å². The number of aliphatic hydroxyl groups excluding tert-OH is 1. The number of nitrogens with two attached hydrogens (primary N) is 1. The second-order valence-corrected chi connectivity index (χ2v) is 8.35. The van der Waals surface area contributed by atoms with Gasteiger partial charge in [0.05, 0.1) is 12.1 Å². The molecule has 0 saturated carbocycles. The van der Waals surface area contributed by atoms with Crippen LogP contribution in [0.4, 0.5) is 0 Å². The summed E-state index contributed by atoms with van der Waals surface area (Å²) in [5.74, 6) is -6.80. The predicted octanol–water partition coefficient (Wildman–Crippen LogP) is -1.79. The molecule has 5 atom stereocenters. The number of benzene rings is 1. The minimum atomic E-state index is -1.64. The molecule has 0 radical (unpaired) electrons. The lowest BCUT2D eigenvalue weighted by Crippen LogP contribution is -2.60. The normalized spacial score (nSPS) is 14.8. The highest BCUT2D eigenvalue weighted by atomic mass is 16.4. The summed E-state index contributed by atoms with van der Waals surface area (Å²) in [4.78, 5) is 71.3. The second-order valence-electron chi connectivity index (χ2n) is 8.35. The molecule has 0 fully saturated rings. The summed E-state index contributed by atoms with van der Waals surface area (Å²) in [5, 5.41) is 44.0. The number of carbonyl (C=O) groups is 6. The third-order valence-electron chi connectivity index (χ3n) is 5.25. The molecular weight excluding hydrogens is 492 g/mol. The number of hydrogen-bond donors (Lipinski definition) is 8. The minimum absolute atomic E-state index is 0.0755. The fourth-order valence-corrected chi connectivity index (χ4v) is 3.20. The number of amides is 3. The highest BCUT2D eigenvalue weighted by molar-refractivity contribution is 5.94. The summed E-state index contributed by atoms with van der Waals surface area (Å²) >= 11 is 0. The van der Waals surface area contributed by atoms with E-state index in [0.717, 1.165) is 0 Å². The van der Waals surface area contributed by atoms with Crippen molar-refractivity contribution in [3.8, 4) is 0 Å². The lowest BCUT2D eigenvalue weighted by atomic mass is 10.0. The highest BCUT2D eigenvalue weighted by Crippen LogP contribution is 2.06. The van der Waals surface area contributed by atoms with Crippen LogP contribution in [-0.4, -0.2) is 86.3 Å². The van der Waals surface area contributed by atoms with Crippen molar-refractivity contribution in [2.24, 2.45) is 5.73 Å². The molecule has 1 aromatic rings. The van der Waals surface area contributed by atoms with Crippen molar-refractivity contribution < 1.29 is 49.2 Å². The molecule has 14 heteroatoms. The molecule has 0 spiro atoms. The van der Waals surface area contributed by atoms with Crippen LogP contribution in [0.3, 0.4) is 0 Å². The van der Waals surface area contributed by atoms with E-state index in [1.165, 1.54) is 6.92 Å². The summed E-state index contributed by atoms with van der Waals surface area (Å²) in [6.07, 6.45) is -3.19. The number of nitrogens with one attached hydrogen (secondary N) is 3. The molecule has 14 nitrogen and oxygen atoms in total. The molecular formula is C23H32N4O10. The molecule has 1 rings (SSSR count). The van der Waals surface area contributed by atoms with Crippen LogP contribution in [0.15, 0.2) is 30.3 Å². The molecule has 0 bridgehead atoms. The summed E-state index contributed by atoms with van der Waals surface area (Å²) in [5.41, 5.74) is 6.25. The van der Waals surface area contributed by atoms with Gasteiger partial charge < -0.3 is 42.1 Å². The second kappa shape index (κ2) is 15.2. The maximum absolute atomic E-state index is 12.8. The largest absolute Gasteiger partial charge is 0.481 e. The van der Waals surface area contributed by atoms with Crippen LogP contribution in [0.2, 0.25) is 0 Å². The van der Waals surface area contributed by atoms with Crippen molar-refractivity contribution in [2.45, 2.75) is 69.3 Å². The van der Waals surface area contributed by atoms with Gasteiger partial charge in [-0.3, -0.25) is 24.0 Å². The fourth-order valence-electron chi connectivity index (χ4n) is 3.20. The van der Waals surface area contributed by atoms with E-state index in [1.54, 1.807) is 30.3 Å². The number of carboxylic acids is 3. The average Bonchev–Trinajstić information content (AvgIpc) is 2.82. The summed E-state index contributed by atoms with van der Waals surface area (Å²) in [6, 6.07) is 2.60. The van der Waals surface area contributed by atoms with Crippen molar-refractivity contribution in [3.05, 3.63) is 35.9 Å². The Kier molecular flexibility index (Phi) is 12.7. The Bertz CT molecular complexity index is 970. The summed E-state index contributed by atoms with van der Waals surface area (Å²) < 4.78 is 0. The summed E-state index contributed by atoms with van der Waals surface area (Å²) in [6.45, 7) is 1.17. The van der Waals surface area contributed by atoms with E-state index in [2.05, 4.69) is 16.0 Å². The van der Waals surface area contributed by atoms with Gasteiger partial charge in [0.25, 0.3) is 0 Å². The van der Waals surface area contributed by atoms with E-state index in [9.17, 15) is 39.0 Å². The zero-order valence-electron chi connectivity index (χ0n) is 20.1. The Morgan fingerprint density at radius 3 is 1.84 bits per heavy atom. The molecule has 5 unspecified atom stereocenters. The van der Waals surface area contributed by atoms with Crippen LogP contribution < -0.4 is 21.7 Å². The molecule has 37 heavy (non-hydrogen) atoms. The van der Waals surface area contributed by atoms with Gasteiger partial charge in [0, 0.05) is 19.3 Å². The SMILES string of the molecule is CC(O)C(NC(=O)C(CCC(=O)O)NC(=O)C(N)CCC(=O)O)C(=O)NC(Cc1ccccc1)C(=O)O.